The van der Waals surface area contributed by atoms with Gasteiger partial charge >= 0.3 is 5.97 Å². The van der Waals surface area contributed by atoms with Gasteiger partial charge in [-0.1, -0.05) is 49.6 Å². The van der Waals surface area contributed by atoms with E-state index in [0.717, 1.165) is 24.8 Å². The van der Waals surface area contributed by atoms with Crippen molar-refractivity contribution in [3.63, 3.8) is 0 Å². The SMILES string of the molecule is O=C(N[C@H]1CCCCC[C@H]1C(=O)O)c1cnnc(-c2ccccc2)c1. The molecule has 1 fully saturated rings. The summed E-state index contributed by atoms with van der Waals surface area (Å²) in [5.74, 6) is -1.68. The van der Waals surface area contributed by atoms with Crippen molar-refractivity contribution in [2.24, 2.45) is 5.92 Å². The number of nitrogens with one attached hydrogen (secondary N) is 1. The minimum Gasteiger partial charge on any atom is -0.481 e. The van der Waals surface area contributed by atoms with E-state index < -0.39 is 11.9 Å². The number of carbonyl (C=O) groups excluding carboxylic acids is 1. The zero-order chi connectivity index (χ0) is 17.6. The molecule has 0 spiro atoms. The molecule has 130 valence electrons. The van der Waals surface area contributed by atoms with Crippen LogP contribution >= 0.6 is 0 Å². The van der Waals surface area contributed by atoms with Crippen molar-refractivity contribution in [1.82, 2.24) is 15.5 Å². The number of carboxylic acids is 1. The Morgan fingerprint density at radius 2 is 1.84 bits per heavy atom. The standard InChI is InChI=1S/C19H21N3O3/c23-18(21-16-10-6-2-5-9-15(16)19(24)25)14-11-17(22-20-12-14)13-7-3-1-4-8-13/h1,3-4,7-8,11-12,15-16H,2,5-6,9-10H2,(H,21,23)(H,24,25)/t15-,16+/m1/s1. The van der Waals surface area contributed by atoms with Gasteiger partial charge in [0, 0.05) is 11.6 Å². The van der Waals surface area contributed by atoms with Crippen molar-refractivity contribution in [1.29, 1.82) is 0 Å². The van der Waals surface area contributed by atoms with Gasteiger partial charge in [-0.15, -0.1) is 0 Å². The molecule has 1 heterocycles. The highest BCUT2D eigenvalue weighted by Crippen LogP contribution is 2.24. The predicted molar refractivity (Wildman–Crippen MR) is 92.9 cm³/mol. The minimum absolute atomic E-state index is 0.301. The molecule has 25 heavy (non-hydrogen) atoms. The minimum atomic E-state index is -0.843. The Labute approximate surface area is 146 Å². The van der Waals surface area contributed by atoms with Crippen LogP contribution in [0.15, 0.2) is 42.6 Å². The van der Waals surface area contributed by atoms with Gasteiger partial charge in [0.05, 0.1) is 23.4 Å². The molecule has 0 unspecified atom stereocenters. The molecule has 2 aromatic rings. The zero-order valence-corrected chi connectivity index (χ0v) is 13.9. The van der Waals surface area contributed by atoms with Gasteiger partial charge in [-0.25, -0.2) is 0 Å². The van der Waals surface area contributed by atoms with Crippen LogP contribution in [0, 0.1) is 5.92 Å². The Bertz CT molecular complexity index is 749. The quantitative estimate of drug-likeness (QED) is 0.836. The molecule has 1 aromatic heterocycles. The summed E-state index contributed by atoms with van der Waals surface area (Å²) in [5, 5.41) is 20.3. The Hall–Kier alpha value is -2.76. The second kappa shape index (κ2) is 7.88. The van der Waals surface area contributed by atoms with E-state index in [4.69, 9.17) is 0 Å². The van der Waals surface area contributed by atoms with E-state index in [2.05, 4.69) is 15.5 Å². The summed E-state index contributed by atoms with van der Waals surface area (Å²) >= 11 is 0. The first kappa shape index (κ1) is 17.1. The van der Waals surface area contributed by atoms with Gasteiger partial charge in [-0.2, -0.15) is 10.2 Å². The van der Waals surface area contributed by atoms with Crippen molar-refractivity contribution < 1.29 is 14.7 Å². The molecule has 2 N–H and O–H groups in total. The first-order chi connectivity index (χ1) is 12.1. The normalized spacial score (nSPS) is 20.5. The fourth-order valence-corrected chi connectivity index (χ4v) is 3.27. The number of hydrogen-bond acceptors (Lipinski definition) is 4. The van der Waals surface area contributed by atoms with Gasteiger partial charge in [0.15, 0.2) is 0 Å². The lowest BCUT2D eigenvalue weighted by Gasteiger charge is -2.22. The van der Waals surface area contributed by atoms with E-state index in [1.165, 1.54) is 6.20 Å². The second-order valence-corrected chi connectivity index (χ2v) is 6.36. The van der Waals surface area contributed by atoms with Crippen LogP contribution in [0.3, 0.4) is 0 Å². The van der Waals surface area contributed by atoms with Crippen LogP contribution in [-0.2, 0) is 4.79 Å². The van der Waals surface area contributed by atoms with E-state index in [-0.39, 0.29) is 11.9 Å². The monoisotopic (exact) mass is 339 g/mol. The van der Waals surface area contributed by atoms with E-state index in [0.29, 0.717) is 24.1 Å². The Kier molecular flexibility index (Phi) is 5.38. The third-order valence-electron chi connectivity index (χ3n) is 4.64. The summed E-state index contributed by atoms with van der Waals surface area (Å²) in [6, 6.07) is 10.8. The molecule has 1 amide bonds. The van der Waals surface area contributed by atoms with Crippen molar-refractivity contribution in [2.45, 2.75) is 38.1 Å². The number of benzene rings is 1. The van der Waals surface area contributed by atoms with Gasteiger partial charge in [0.2, 0.25) is 0 Å². The fraction of sp³-hybridized carbons (Fsp3) is 0.368. The zero-order valence-electron chi connectivity index (χ0n) is 13.9. The molecule has 0 bridgehead atoms. The molecular formula is C19H21N3O3. The van der Waals surface area contributed by atoms with E-state index in [9.17, 15) is 14.7 Å². The van der Waals surface area contributed by atoms with Crippen LogP contribution in [0.25, 0.3) is 11.3 Å². The smallest absolute Gasteiger partial charge is 0.308 e. The van der Waals surface area contributed by atoms with Crippen LogP contribution in [0.4, 0.5) is 0 Å². The van der Waals surface area contributed by atoms with Gasteiger partial charge in [-0.3, -0.25) is 9.59 Å². The summed E-state index contributed by atoms with van der Waals surface area (Å²) in [5.41, 5.74) is 1.88. The van der Waals surface area contributed by atoms with Crippen molar-refractivity contribution in [3.8, 4) is 11.3 Å². The first-order valence-corrected chi connectivity index (χ1v) is 8.57. The van der Waals surface area contributed by atoms with Gasteiger partial charge in [-0.05, 0) is 18.9 Å². The van der Waals surface area contributed by atoms with Crippen LogP contribution in [0.5, 0.6) is 0 Å². The molecule has 2 atom stereocenters. The Balaban J connectivity index is 1.77. The van der Waals surface area contributed by atoms with Crippen molar-refractivity contribution in [2.75, 3.05) is 0 Å². The average molecular weight is 339 g/mol. The van der Waals surface area contributed by atoms with Crippen molar-refractivity contribution in [3.05, 3.63) is 48.2 Å². The Morgan fingerprint density at radius 3 is 2.60 bits per heavy atom. The summed E-state index contributed by atoms with van der Waals surface area (Å²) in [6.07, 6.45) is 5.52. The molecule has 0 saturated heterocycles. The molecule has 3 rings (SSSR count). The Morgan fingerprint density at radius 1 is 1.08 bits per heavy atom. The number of hydrogen-bond donors (Lipinski definition) is 2. The number of rotatable bonds is 4. The highest BCUT2D eigenvalue weighted by atomic mass is 16.4. The summed E-state index contributed by atoms with van der Waals surface area (Å²) < 4.78 is 0. The fourth-order valence-electron chi connectivity index (χ4n) is 3.27. The van der Waals surface area contributed by atoms with E-state index in [1.54, 1.807) is 6.07 Å². The molecule has 6 nitrogen and oxygen atoms in total. The molecule has 0 aliphatic heterocycles. The summed E-state index contributed by atoms with van der Waals surface area (Å²) in [7, 11) is 0. The lowest BCUT2D eigenvalue weighted by molar-refractivity contribution is -0.142. The summed E-state index contributed by atoms with van der Waals surface area (Å²) in [6.45, 7) is 0. The number of nitrogens with zero attached hydrogens (tertiary/aromatic N) is 2. The largest absolute Gasteiger partial charge is 0.481 e. The summed E-state index contributed by atoms with van der Waals surface area (Å²) in [4.78, 5) is 24.1. The number of carboxylic acid groups (broad SMARTS) is 1. The third-order valence-corrected chi connectivity index (χ3v) is 4.64. The maximum atomic E-state index is 12.6. The second-order valence-electron chi connectivity index (χ2n) is 6.36. The topological polar surface area (TPSA) is 92.2 Å². The highest BCUT2D eigenvalue weighted by Gasteiger charge is 2.30. The maximum Gasteiger partial charge on any atom is 0.308 e. The predicted octanol–water partition coefficient (Wildman–Crippen LogP) is 2.91. The molecular weight excluding hydrogens is 318 g/mol. The number of aromatic nitrogens is 2. The lowest BCUT2D eigenvalue weighted by atomic mass is 9.94. The lowest BCUT2D eigenvalue weighted by Crippen LogP contribution is -2.42. The van der Waals surface area contributed by atoms with E-state index in [1.807, 2.05) is 30.3 Å². The molecule has 1 aliphatic rings. The van der Waals surface area contributed by atoms with Gasteiger partial charge in [0.25, 0.3) is 5.91 Å². The maximum absolute atomic E-state index is 12.6. The van der Waals surface area contributed by atoms with E-state index >= 15 is 0 Å². The molecule has 1 saturated carbocycles. The van der Waals surface area contributed by atoms with Gasteiger partial charge < -0.3 is 10.4 Å². The average Bonchev–Trinajstić information content (AvgIpc) is 2.88. The van der Waals surface area contributed by atoms with Crippen LogP contribution in [0.1, 0.15) is 42.5 Å². The molecule has 1 aromatic carbocycles. The van der Waals surface area contributed by atoms with Crippen molar-refractivity contribution >= 4 is 11.9 Å². The van der Waals surface area contributed by atoms with Gasteiger partial charge in [0.1, 0.15) is 0 Å². The van der Waals surface area contributed by atoms with Crippen LogP contribution < -0.4 is 5.32 Å². The molecule has 1 aliphatic carbocycles. The first-order valence-electron chi connectivity index (χ1n) is 8.57. The molecule has 6 heteroatoms. The van der Waals surface area contributed by atoms with Crippen LogP contribution in [-0.4, -0.2) is 33.2 Å². The number of carbonyl (C=O) groups is 2. The number of aliphatic carboxylic acids is 1. The number of amides is 1. The van der Waals surface area contributed by atoms with Crippen LogP contribution in [0.2, 0.25) is 0 Å². The third kappa shape index (κ3) is 4.21. The molecule has 0 radical (unpaired) electrons. The highest BCUT2D eigenvalue weighted by molar-refractivity contribution is 5.95.